The average Bonchev–Trinajstić information content (AvgIpc) is 3.04. The Bertz CT molecular complexity index is 823. The first-order valence-corrected chi connectivity index (χ1v) is 8.72. The third-order valence-electron chi connectivity index (χ3n) is 3.67. The monoisotopic (exact) mass is 323 g/mol. The molecule has 1 aromatic carbocycles. The second-order valence-electron chi connectivity index (χ2n) is 5.30. The number of primary amides is 1. The van der Waals surface area contributed by atoms with E-state index in [1.807, 2.05) is 0 Å². The molecule has 0 aliphatic carbocycles. The Kier molecular flexibility index (Phi) is 3.53. The molecule has 0 saturated carbocycles. The lowest BCUT2D eigenvalue weighted by Gasteiger charge is -2.28. The summed E-state index contributed by atoms with van der Waals surface area (Å²) in [5, 5.41) is 7.93. The standard InChI is InChI=1S/C13H17N5O3S/c1-22(20,21)18(9-6-7-15-8-9)17-12(13(14)19)10-4-2-3-5-11(10)16-17/h2-5,9,15H,6-8H2,1H3,(H2,14,19). The number of nitrogens with zero attached hydrogens (tertiary/aromatic N) is 3. The van der Waals surface area contributed by atoms with Gasteiger partial charge in [-0.1, -0.05) is 18.2 Å². The molecule has 1 aliphatic heterocycles. The largest absolute Gasteiger partial charge is 0.364 e. The lowest BCUT2D eigenvalue weighted by atomic mass is 10.2. The van der Waals surface area contributed by atoms with E-state index in [1.54, 1.807) is 24.3 Å². The van der Waals surface area contributed by atoms with Crippen LogP contribution in [0, 0.1) is 0 Å². The fourth-order valence-corrected chi connectivity index (χ4v) is 3.91. The van der Waals surface area contributed by atoms with Crippen LogP contribution in [0.25, 0.3) is 10.9 Å². The van der Waals surface area contributed by atoms with Gasteiger partial charge in [0.05, 0.1) is 17.8 Å². The second kappa shape index (κ2) is 5.25. The molecule has 0 radical (unpaired) electrons. The summed E-state index contributed by atoms with van der Waals surface area (Å²) in [4.78, 5) is 13.0. The Balaban J connectivity index is 2.25. The molecule has 1 fully saturated rings. The van der Waals surface area contributed by atoms with Crippen molar-refractivity contribution < 1.29 is 13.2 Å². The van der Waals surface area contributed by atoms with Crippen LogP contribution in [0.2, 0.25) is 0 Å². The zero-order chi connectivity index (χ0) is 15.9. The third-order valence-corrected chi connectivity index (χ3v) is 4.80. The predicted octanol–water partition coefficient (Wildman–Crippen LogP) is -0.605. The Hall–Kier alpha value is -2.13. The number of nitrogens with one attached hydrogen (secondary N) is 1. The van der Waals surface area contributed by atoms with Gasteiger partial charge in [-0.15, -0.1) is 0 Å². The molecule has 1 saturated heterocycles. The molecule has 8 nitrogen and oxygen atoms in total. The van der Waals surface area contributed by atoms with Gasteiger partial charge in [-0.05, 0) is 19.0 Å². The van der Waals surface area contributed by atoms with Gasteiger partial charge in [-0.2, -0.15) is 14.3 Å². The molecular formula is C13H17N5O3S. The second-order valence-corrected chi connectivity index (χ2v) is 7.14. The zero-order valence-corrected chi connectivity index (χ0v) is 12.9. The van der Waals surface area contributed by atoms with Gasteiger partial charge in [0, 0.05) is 11.9 Å². The lowest BCUT2D eigenvalue weighted by molar-refractivity contribution is 0.0992. The van der Waals surface area contributed by atoms with Crippen molar-refractivity contribution in [1.82, 2.24) is 15.2 Å². The Morgan fingerprint density at radius 1 is 1.45 bits per heavy atom. The molecule has 0 spiro atoms. The summed E-state index contributed by atoms with van der Waals surface area (Å²) in [6.07, 6.45) is 1.74. The summed E-state index contributed by atoms with van der Waals surface area (Å²) in [6.45, 7) is 1.21. The van der Waals surface area contributed by atoms with Crippen LogP contribution in [0.3, 0.4) is 0 Å². The van der Waals surface area contributed by atoms with E-state index in [2.05, 4.69) is 10.4 Å². The molecule has 1 unspecified atom stereocenters. The zero-order valence-electron chi connectivity index (χ0n) is 12.1. The molecule has 1 atom stereocenters. The van der Waals surface area contributed by atoms with Crippen molar-refractivity contribution in [2.45, 2.75) is 12.5 Å². The normalized spacial score (nSPS) is 18.7. The third kappa shape index (κ3) is 2.42. The summed E-state index contributed by atoms with van der Waals surface area (Å²) in [6, 6.07) is 6.63. The maximum absolute atomic E-state index is 12.3. The molecule has 22 heavy (non-hydrogen) atoms. The minimum Gasteiger partial charge on any atom is -0.364 e. The van der Waals surface area contributed by atoms with E-state index in [9.17, 15) is 13.2 Å². The van der Waals surface area contributed by atoms with Gasteiger partial charge in [-0.3, -0.25) is 4.79 Å². The number of amides is 1. The van der Waals surface area contributed by atoms with Gasteiger partial charge in [0.25, 0.3) is 5.91 Å². The highest BCUT2D eigenvalue weighted by molar-refractivity contribution is 7.91. The minimum atomic E-state index is -3.62. The number of hydrogen-bond acceptors (Lipinski definition) is 5. The van der Waals surface area contributed by atoms with Crippen LogP contribution in [0.15, 0.2) is 24.3 Å². The Morgan fingerprint density at radius 3 is 2.77 bits per heavy atom. The first-order chi connectivity index (χ1) is 10.4. The van der Waals surface area contributed by atoms with E-state index in [4.69, 9.17) is 5.73 Å². The molecule has 9 heteroatoms. The van der Waals surface area contributed by atoms with Crippen molar-refractivity contribution in [1.29, 1.82) is 0 Å². The van der Waals surface area contributed by atoms with Crippen LogP contribution in [0.4, 0.5) is 0 Å². The van der Waals surface area contributed by atoms with Gasteiger partial charge in [0.2, 0.25) is 10.0 Å². The molecule has 1 aromatic heterocycles. The summed E-state index contributed by atoms with van der Waals surface area (Å²) in [7, 11) is -3.62. The van der Waals surface area contributed by atoms with Gasteiger partial charge < -0.3 is 11.1 Å². The van der Waals surface area contributed by atoms with Gasteiger partial charge in [0.1, 0.15) is 0 Å². The molecule has 2 heterocycles. The predicted molar refractivity (Wildman–Crippen MR) is 82.6 cm³/mol. The SMILES string of the molecule is CS(=O)(=O)N(C1CCNC1)n1nc2ccccc2c1C(N)=O. The van der Waals surface area contributed by atoms with Crippen LogP contribution in [-0.2, 0) is 10.0 Å². The number of sulfonamides is 1. The molecule has 0 bridgehead atoms. The molecule has 3 rings (SSSR count). The van der Waals surface area contributed by atoms with E-state index in [0.29, 0.717) is 30.4 Å². The molecule has 1 aliphatic rings. The number of carbonyl (C=O) groups is 1. The summed E-state index contributed by atoms with van der Waals surface area (Å²) in [5.41, 5.74) is 6.07. The van der Waals surface area contributed by atoms with Crippen molar-refractivity contribution in [2.24, 2.45) is 5.73 Å². The number of hydrogen-bond donors (Lipinski definition) is 2. The Morgan fingerprint density at radius 2 is 2.18 bits per heavy atom. The molecule has 1 amide bonds. The van der Waals surface area contributed by atoms with Gasteiger partial charge in [0.15, 0.2) is 5.69 Å². The van der Waals surface area contributed by atoms with Crippen LogP contribution in [0.1, 0.15) is 16.9 Å². The highest BCUT2D eigenvalue weighted by atomic mass is 32.2. The molecular weight excluding hydrogens is 306 g/mol. The van der Waals surface area contributed by atoms with E-state index < -0.39 is 15.9 Å². The van der Waals surface area contributed by atoms with E-state index in [0.717, 1.165) is 15.5 Å². The summed E-state index contributed by atoms with van der Waals surface area (Å²) < 4.78 is 25.7. The van der Waals surface area contributed by atoms with Crippen LogP contribution >= 0.6 is 0 Å². The smallest absolute Gasteiger partial charge is 0.269 e. The quantitative estimate of drug-likeness (QED) is 0.780. The van der Waals surface area contributed by atoms with Gasteiger partial charge >= 0.3 is 0 Å². The number of fused-ring (bicyclic) bond motifs is 1. The minimum absolute atomic E-state index is 0.0768. The van der Waals surface area contributed by atoms with Crippen molar-refractivity contribution in [3.63, 3.8) is 0 Å². The fraction of sp³-hybridized carbons (Fsp3) is 0.385. The van der Waals surface area contributed by atoms with Crippen molar-refractivity contribution >= 4 is 26.8 Å². The lowest BCUT2D eigenvalue weighted by Crippen LogP contribution is -2.50. The maximum atomic E-state index is 12.3. The highest BCUT2D eigenvalue weighted by Crippen LogP contribution is 2.21. The number of benzene rings is 1. The van der Waals surface area contributed by atoms with Crippen LogP contribution < -0.4 is 15.5 Å². The maximum Gasteiger partial charge on any atom is 0.269 e. The highest BCUT2D eigenvalue weighted by Gasteiger charge is 2.33. The van der Waals surface area contributed by atoms with Gasteiger partial charge in [-0.25, -0.2) is 8.42 Å². The van der Waals surface area contributed by atoms with Crippen LogP contribution in [-0.4, -0.2) is 49.6 Å². The fourth-order valence-electron chi connectivity index (χ4n) is 2.79. The number of rotatable bonds is 4. The number of aromatic nitrogens is 2. The first-order valence-electron chi connectivity index (χ1n) is 6.87. The van der Waals surface area contributed by atoms with Crippen molar-refractivity contribution in [3.8, 4) is 0 Å². The number of nitrogens with two attached hydrogens (primary N) is 1. The summed E-state index contributed by atoms with van der Waals surface area (Å²) >= 11 is 0. The average molecular weight is 323 g/mol. The molecule has 2 aromatic rings. The van der Waals surface area contributed by atoms with E-state index in [-0.39, 0.29) is 11.7 Å². The first kappa shape index (κ1) is 14.8. The van der Waals surface area contributed by atoms with E-state index in [1.165, 1.54) is 0 Å². The Labute approximate surface area is 127 Å². The summed E-state index contributed by atoms with van der Waals surface area (Å²) in [5.74, 6) is -0.715. The van der Waals surface area contributed by atoms with Crippen molar-refractivity contribution in [3.05, 3.63) is 30.0 Å². The van der Waals surface area contributed by atoms with E-state index >= 15 is 0 Å². The number of carbonyl (C=O) groups excluding carboxylic acids is 1. The molecule has 118 valence electrons. The van der Waals surface area contributed by atoms with Crippen molar-refractivity contribution in [2.75, 3.05) is 23.8 Å². The van der Waals surface area contributed by atoms with Crippen LogP contribution in [0.5, 0.6) is 0 Å². The molecule has 3 N–H and O–H groups in total. The topological polar surface area (TPSA) is 110 Å².